The lowest BCUT2D eigenvalue weighted by molar-refractivity contribution is -0.114. The van der Waals surface area contributed by atoms with Crippen molar-refractivity contribution in [1.82, 2.24) is 4.57 Å². The summed E-state index contributed by atoms with van der Waals surface area (Å²) in [7, 11) is 0. The molecule has 126 valence electrons. The van der Waals surface area contributed by atoms with Crippen molar-refractivity contribution in [2.75, 3.05) is 5.32 Å². The first-order valence-corrected chi connectivity index (χ1v) is 8.23. The number of nitrogens with one attached hydrogen (secondary N) is 1. The summed E-state index contributed by atoms with van der Waals surface area (Å²) >= 11 is 0. The Kier molecular flexibility index (Phi) is 4.53. The zero-order valence-corrected chi connectivity index (χ0v) is 14.3. The molecule has 0 spiro atoms. The SMILES string of the molecule is CC(=O)Nc1ccc(C=CC(=O)c2c(C#N)c3n(c2C)CCC3)cc1. The van der Waals surface area contributed by atoms with Crippen LogP contribution >= 0.6 is 0 Å². The third-order valence-corrected chi connectivity index (χ3v) is 4.44. The Morgan fingerprint density at radius 2 is 2.00 bits per heavy atom. The van der Waals surface area contributed by atoms with Gasteiger partial charge in [0.25, 0.3) is 0 Å². The molecule has 0 aliphatic carbocycles. The predicted molar refractivity (Wildman–Crippen MR) is 96.3 cm³/mol. The Morgan fingerprint density at radius 3 is 2.64 bits per heavy atom. The number of anilines is 1. The van der Waals surface area contributed by atoms with Gasteiger partial charge in [0.1, 0.15) is 6.07 Å². The van der Waals surface area contributed by atoms with E-state index in [1.807, 2.05) is 19.1 Å². The summed E-state index contributed by atoms with van der Waals surface area (Å²) < 4.78 is 2.09. The van der Waals surface area contributed by atoms with Gasteiger partial charge in [0.05, 0.1) is 11.1 Å². The Hall–Kier alpha value is -3.13. The van der Waals surface area contributed by atoms with E-state index in [9.17, 15) is 14.9 Å². The quantitative estimate of drug-likeness (QED) is 0.687. The molecule has 1 amide bonds. The highest BCUT2D eigenvalue weighted by Gasteiger charge is 2.26. The molecule has 5 nitrogen and oxygen atoms in total. The fourth-order valence-corrected chi connectivity index (χ4v) is 3.32. The van der Waals surface area contributed by atoms with E-state index in [-0.39, 0.29) is 11.7 Å². The number of benzene rings is 1. The summed E-state index contributed by atoms with van der Waals surface area (Å²) in [4.78, 5) is 23.7. The molecule has 0 fully saturated rings. The van der Waals surface area contributed by atoms with Crippen LogP contribution in [0.3, 0.4) is 0 Å². The Labute approximate surface area is 146 Å². The van der Waals surface area contributed by atoms with Crippen molar-refractivity contribution in [3.8, 4) is 6.07 Å². The molecule has 0 atom stereocenters. The number of fused-ring (bicyclic) bond motifs is 1. The van der Waals surface area contributed by atoms with E-state index >= 15 is 0 Å². The number of nitriles is 1. The van der Waals surface area contributed by atoms with Crippen LogP contribution in [-0.4, -0.2) is 16.3 Å². The Morgan fingerprint density at radius 1 is 1.28 bits per heavy atom. The minimum atomic E-state index is -0.151. The number of rotatable bonds is 4. The van der Waals surface area contributed by atoms with E-state index in [2.05, 4.69) is 16.0 Å². The molecule has 1 aliphatic rings. The number of ketones is 1. The first-order chi connectivity index (χ1) is 12.0. The molecule has 1 aliphatic heterocycles. The van der Waals surface area contributed by atoms with Crippen LogP contribution in [0.2, 0.25) is 0 Å². The molecular formula is C20H19N3O2. The molecule has 25 heavy (non-hydrogen) atoms. The van der Waals surface area contributed by atoms with Gasteiger partial charge in [0.15, 0.2) is 5.78 Å². The molecule has 1 aromatic heterocycles. The van der Waals surface area contributed by atoms with Crippen LogP contribution in [-0.2, 0) is 17.8 Å². The van der Waals surface area contributed by atoms with Crippen LogP contribution in [0.4, 0.5) is 5.69 Å². The van der Waals surface area contributed by atoms with Gasteiger partial charge in [0.2, 0.25) is 5.91 Å². The van der Waals surface area contributed by atoms with E-state index in [4.69, 9.17) is 0 Å². The topological polar surface area (TPSA) is 74.9 Å². The second-order valence-corrected chi connectivity index (χ2v) is 6.15. The fourth-order valence-electron chi connectivity index (χ4n) is 3.32. The van der Waals surface area contributed by atoms with Gasteiger partial charge < -0.3 is 9.88 Å². The molecule has 3 rings (SSSR count). The highest BCUT2D eigenvalue weighted by Crippen LogP contribution is 2.29. The maximum absolute atomic E-state index is 12.6. The molecule has 1 N–H and O–H groups in total. The second kappa shape index (κ2) is 6.78. The number of nitrogens with zero attached hydrogens (tertiary/aromatic N) is 2. The first kappa shape index (κ1) is 16.7. The number of allylic oxidation sites excluding steroid dienone is 1. The average molecular weight is 333 g/mol. The molecule has 0 saturated heterocycles. The van der Waals surface area contributed by atoms with E-state index < -0.39 is 0 Å². The van der Waals surface area contributed by atoms with Gasteiger partial charge in [0, 0.05) is 30.5 Å². The minimum absolute atomic E-state index is 0.125. The van der Waals surface area contributed by atoms with Crippen LogP contribution in [0.25, 0.3) is 6.08 Å². The summed E-state index contributed by atoms with van der Waals surface area (Å²) in [6.45, 7) is 4.23. The van der Waals surface area contributed by atoms with Gasteiger partial charge >= 0.3 is 0 Å². The summed E-state index contributed by atoms with van der Waals surface area (Å²) in [5.74, 6) is -0.276. The third kappa shape index (κ3) is 3.24. The molecule has 0 unspecified atom stereocenters. The lowest BCUT2D eigenvalue weighted by Gasteiger charge is -2.02. The highest BCUT2D eigenvalue weighted by atomic mass is 16.1. The van der Waals surface area contributed by atoms with E-state index in [1.165, 1.54) is 13.0 Å². The standard InChI is InChI=1S/C20H19N3O2/c1-13-20(17(12-21)18-4-3-11-23(13)18)19(25)10-7-15-5-8-16(9-6-15)22-14(2)24/h5-10H,3-4,11H2,1-2H3,(H,22,24). The van der Waals surface area contributed by atoms with Crippen LogP contribution in [0.15, 0.2) is 30.3 Å². The van der Waals surface area contributed by atoms with Gasteiger partial charge in [-0.05, 0) is 43.5 Å². The largest absolute Gasteiger partial charge is 0.347 e. The zero-order valence-electron chi connectivity index (χ0n) is 14.3. The highest BCUT2D eigenvalue weighted by molar-refractivity contribution is 6.09. The molecule has 1 aromatic carbocycles. The number of hydrogen-bond acceptors (Lipinski definition) is 3. The van der Waals surface area contributed by atoms with Crippen molar-refractivity contribution in [2.45, 2.75) is 33.2 Å². The maximum atomic E-state index is 12.6. The van der Waals surface area contributed by atoms with Crippen molar-refractivity contribution >= 4 is 23.5 Å². The van der Waals surface area contributed by atoms with Gasteiger partial charge in [-0.1, -0.05) is 18.2 Å². The van der Waals surface area contributed by atoms with Crippen LogP contribution in [0, 0.1) is 18.3 Å². The van der Waals surface area contributed by atoms with Crippen molar-refractivity contribution in [3.63, 3.8) is 0 Å². The molecule has 5 heteroatoms. The molecular weight excluding hydrogens is 314 g/mol. The summed E-state index contributed by atoms with van der Waals surface area (Å²) in [6, 6.07) is 9.42. The smallest absolute Gasteiger partial charge is 0.221 e. The fraction of sp³-hybridized carbons (Fsp3) is 0.250. The molecule has 0 radical (unpaired) electrons. The number of aromatic nitrogens is 1. The Balaban J connectivity index is 1.82. The summed E-state index contributed by atoms with van der Waals surface area (Å²) in [6.07, 6.45) is 5.11. The molecule has 2 heterocycles. The number of hydrogen-bond donors (Lipinski definition) is 1. The van der Waals surface area contributed by atoms with Gasteiger partial charge in [-0.2, -0.15) is 5.26 Å². The average Bonchev–Trinajstić information content (AvgIpc) is 3.15. The van der Waals surface area contributed by atoms with Gasteiger partial charge in [-0.25, -0.2) is 0 Å². The lowest BCUT2D eigenvalue weighted by atomic mass is 10.0. The zero-order chi connectivity index (χ0) is 18.0. The maximum Gasteiger partial charge on any atom is 0.221 e. The van der Waals surface area contributed by atoms with E-state index in [0.29, 0.717) is 16.8 Å². The van der Waals surface area contributed by atoms with Crippen LogP contribution < -0.4 is 5.32 Å². The minimum Gasteiger partial charge on any atom is -0.347 e. The van der Waals surface area contributed by atoms with Gasteiger partial charge in [-0.3, -0.25) is 9.59 Å². The summed E-state index contributed by atoms with van der Waals surface area (Å²) in [5.41, 5.74) is 4.46. The van der Waals surface area contributed by atoms with E-state index in [0.717, 1.165) is 36.3 Å². The van der Waals surface area contributed by atoms with Crippen LogP contribution in [0.1, 0.15) is 46.2 Å². The second-order valence-electron chi connectivity index (χ2n) is 6.15. The first-order valence-electron chi connectivity index (χ1n) is 8.23. The Bertz CT molecular complexity index is 912. The molecule has 0 bridgehead atoms. The van der Waals surface area contributed by atoms with Gasteiger partial charge in [-0.15, -0.1) is 0 Å². The normalized spacial score (nSPS) is 12.8. The molecule has 2 aromatic rings. The number of carbonyl (C=O) groups is 2. The number of amides is 1. The van der Waals surface area contributed by atoms with Crippen molar-refractivity contribution in [1.29, 1.82) is 5.26 Å². The van der Waals surface area contributed by atoms with Crippen LogP contribution in [0.5, 0.6) is 0 Å². The molecule has 0 saturated carbocycles. The monoisotopic (exact) mass is 333 g/mol. The predicted octanol–water partition coefficient (Wildman–Crippen LogP) is 3.47. The summed E-state index contributed by atoms with van der Waals surface area (Å²) in [5, 5.41) is 12.2. The van der Waals surface area contributed by atoms with Crippen molar-refractivity contribution in [3.05, 3.63) is 58.4 Å². The van der Waals surface area contributed by atoms with Crippen molar-refractivity contribution < 1.29 is 9.59 Å². The third-order valence-electron chi connectivity index (χ3n) is 4.44. The lowest BCUT2D eigenvalue weighted by Crippen LogP contribution is -2.05. The number of carbonyl (C=O) groups excluding carboxylic acids is 2. The van der Waals surface area contributed by atoms with Crippen molar-refractivity contribution in [2.24, 2.45) is 0 Å². The van der Waals surface area contributed by atoms with E-state index in [1.54, 1.807) is 18.2 Å².